The van der Waals surface area contributed by atoms with Gasteiger partial charge in [0.15, 0.2) is 5.65 Å². The van der Waals surface area contributed by atoms with Crippen LogP contribution in [0.2, 0.25) is 5.02 Å². The zero-order chi connectivity index (χ0) is 20.5. The van der Waals surface area contributed by atoms with Gasteiger partial charge in [0.05, 0.1) is 23.8 Å². The lowest BCUT2D eigenvalue weighted by atomic mass is 10.0. The Kier molecular flexibility index (Phi) is 5.14. The van der Waals surface area contributed by atoms with E-state index in [4.69, 9.17) is 16.3 Å². The van der Waals surface area contributed by atoms with Crippen molar-refractivity contribution in [3.8, 4) is 11.4 Å². The van der Waals surface area contributed by atoms with E-state index in [0.29, 0.717) is 28.8 Å². The Morgan fingerprint density at radius 2 is 2.10 bits per heavy atom. The second-order valence-electron chi connectivity index (χ2n) is 7.55. The highest BCUT2D eigenvalue weighted by Crippen LogP contribution is 2.31. The molecule has 1 saturated heterocycles. The van der Waals surface area contributed by atoms with Crippen LogP contribution in [0.5, 0.6) is 0 Å². The SMILES string of the molecule is O=C(Nc1ccc(Cl)c(-c2nc3ncc(C4=CCOCC4)cc3[nH]2)c1)N1CCCC1. The normalized spacial score (nSPS) is 16.7. The number of carbonyl (C=O) groups excluding carboxylic acids is 1. The van der Waals surface area contributed by atoms with Crippen molar-refractivity contribution in [2.24, 2.45) is 0 Å². The number of urea groups is 1. The third-order valence-electron chi connectivity index (χ3n) is 5.54. The Balaban J connectivity index is 1.44. The van der Waals surface area contributed by atoms with Crippen LogP contribution in [0.1, 0.15) is 24.8 Å². The van der Waals surface area contributed by atoms with Crippen molar-refractivity contribution >= 4 is 40.1 Å². The maximum atomic E-state index is 12.4. The molecule has 1 fully saturated rings. The minimum Gasteiger partial charge on any atom is -0.377 e. The summed E-state index contributed by atoms with van der Waals surface area (Å²) in [6.07, 6.45) is 6.92. The van der Waals surface area contributed by atoms with Crippen LogP contribution in [0, 0.1) is 0 Å². The summed E-state index contributed by atoms with van der Waals surface area (Å²) in [4.78, 5) is 26.7. The predicted molar refractivity (Wildman–Crippen MR) is 118 cm³/mol. The molecule has 1 aromatic carbocycles. The van der Waals surface area contributed by atoms with Gasteiger partial charge in [-0.3, -0.25) is 0 Å². The fourth-order valence-corrected chi connectivity index (χ4v) is 4.11. The quantitative estimate of drug-likeness (QED) is 0.639. The number of rotatable bonds is 3. The summed E-state index contributed by atoms with van der Waals surface area (Å²) >= 11 is 6.45. The number of halogens is 1. The van der Waals surface area contributed by atoms with Crippen LogP contribution < -0.4 is 5.32 Å². The first-order valence-electron chi connectivity index (χ1n) is 10.2. The first kappa shape index (κ1) is 19.1. The summed E-state index contributed by atoms with van der Waals surface area (Å²) in [6, 6.07) is 7.39. The minimum absolute atomic E-state index is 0.0820. The molecule has 0 bridgehead atoms. The van der Waals surface area contributed by atoms with Gasteiger partial charge in [0, 0.05) is 30.5 Å². The van der Waals surface area contributed by atoms with Crippen molar-refractivity contribution < 1.29 is 9.53 Å². The molecule has 0 atom stereocenters. The van der Waals surface area contributed by atoms with E-state index in [1.807, 2.05) is 17.2 Å². The maximum absolute atomic E-state index is 12.4. The number of fused-ring (bicyclic) bond motifs is 1. The van der Waals surface area contributed by atoms with Crippen LogP contribution >= 0.6 is 11.6 Å². The van der Waals surface area contributed by atoms with Crippen LogP contribution in [-0.4, -0.2) is 52.2 Å². The summed E-state index contributed by atoms with van der Waals surface area (Å²) in [7, 11) is 0. The molecule has 2 N–H and O–H groups in total. The minimum atomic E-state index is -0.0820. The third-order valence-corrected chi connectivity index (χ3v) is 5.87. The molecule has 2 aromatic heterocycles. The molecule has 4 heterocycles. The second-order valence-corrected chi connectivity index (χ2v) is 7.96. The van der Waals surface area contributed by atoms with Gasteiger partial charge in [-0.15, -0.1) is 0 Å². The van der Waals surface area contributed by atoms with E-state index in [2.05, 4.69) is 32.4 Å². The average Bonchev–Trinajstić information content (AvgIpc) is 3.45. The van der Waals surface area contributed by atoms with Gasteiger partial charge >= 0.3 is 6.03 Å². The van der Waals surface area contributed by atoms with E-state index >= 15 is 0 Å². The topological polar surface area (TPSA) is 83.1 Å². The zero-order valence-corrected chi connectivity index (χ0v) is 17.2. The molecule has 0 unspecified atom stereocenters. The number of imidazole rings is 1. The molecule has 8 heteroatoms. The lowest BCUT2D eigenvalue weighted by Crippen LogP contribution is -2.32. The molecular weight excluding hydrogens is 402 g/mol. The zero-order valence-electron chi connectivity index (χ0n) is 16.4. The van der Waals surface area contributed by atoms with Crippen LogP contribution in [0.25, 0.3) is 28.1 Å². The molecule has 7 nitrogen and oxygen atoms in total. The molecule has 2 amide bonds. The highest BCUT2D eigenvalue weighted by atomic mass is 35.5. The highest BCUT2D eigenvalue weighted by Gasteiger charge is 2.19. The molecule has 2 aliphatic heterocycles. The van der Waals surface area contributed by atoms with Gasteiger partial charge in [-0.05, 0) is 54.7 Å². The lowest BCUT2D eigenvalue weighted by Gasteiger charge is -2.16. The van der Waals surface area contributed by atoms with Crippen LogP contribution in [0.15, 0.2) is 36.5 Å². The van der Waals surface area contributed by atoms with Gasteiger partial charge in [0.2, 0.25) is 0 Å². The Bertz CT molecular complexity index is 1130. The molecule has 3 aromatic rings. The van der Waals surface area contributed by atoms with Crippen molar-refractivity contribution in [1.29, 1.82) is 0 Å². The molecule has 0 spiro atoms. The van der Waals surface area contributed by atoms with Gasteiger partial charge < -0.3 is 19.9 Å². The second kappa shape index (κ2) is 8.08. The molecular formula is C22H22ClN5O2. The molecule has 0 aliphatic carbocycles. The van der Waals surface area contributed by atoms with E-state index in [0.717, 1.165) is 55.6 Å². The number of aromatic nitrogens is 3. The standard InChI is InChI=1S/C22H22ClN5O2/c23-18-4-3-16(25-22(29)28-7-1-2-8-28)12-17(18)20-26-19-11-15(13-24-21(19)27-20)14-5-9-30-10-6-14/h3-5,11-13H,1-2,6-10H2,(H,25,29)(H,24,26,27). The summed E-state index contributed by atoms with van der Waals surface area (Å²) < 4.78 is 5.39. The number of nitrogens with zero attached hydrogens (tertiary/aromatic N) is 3. The number of ether oxygens (including phenoxy) is 1. The largest absolute Gasteiger partial charge is 0.377 e. The van der Waals surface area contributed by atoms with E-state index in [9.17, 15) is 4.79 Å². The van der Waals surface area contributed by atoms with E-state index in [1.165, 1.54) is 5.57 Å². The van der Waals surface area contributed by atoms with E-state index in [-0.39, 0.29) is 6.03 Å². The number of anilines is 1. The number of carbonyl (C=O) groups is 1. The van der Waals surface area contributed by atoms with Crippen molar-refractivity contribution in [1.82, 2.24) is 19.9 Å². The number of hydrogen-bond donors (Lipinski definition) is 2. The first-order chi connectivity index (χ1) is 14.7. The number of hydrogen-bond acceptors (Lipinski definition) is 4. The molecule has 2 aliphatic rings. The molecule has 0 saturated carbocycles. The van der Waals surface area contributed by atoms with Crippen LogP contribution in [-0.2, 0) is 4.74 Å². The Hall–Kier alpha value is -2.90. The lowest BCUT2D eigenvalue weighted by molar-refractivity contribution is 0.161. The van der Waals surface area contributed by atoms with Gasteiger partial charge in [-0.2, -0.15) is 0 Å². The number of nitrogens with one attached hydrogen (secondary N) is 2. The number of H-pyrrole nitrogens is 1. The molecule has 154 valence electrons. The molecule has 30 heavy (non-hydrogen) atoms. The van der Waals surface area contributed by atoms with Crippen molar-refractivity contribution in [3.63, 3.8) is 0 Å². The van der Waals surface area contributed by atoms with Gasteiger partial charge in [-0.25, -0.2) is 14.8 Å². The Labute approximate surface area is 179 Å². The summed E-state index contributed by atoms with van der Waals surface area (Å²) in [5.74, 6) is 0.623. The first-order valence-corrected chi connectivity index (χ1v) is 10.5. The van der Waals surface area contributed by atoms with Crippen molar-refractivity contribution in [2.45, 2.75) is 19.3 Å². The maximum Gasteiger partial charge on any atom is 0.321 e. The molecule has 5 rings (SSSR count). The number of aromatic amines is 1. The fraction of sp³-hybridized carbons (Fsp3) is 0.318. The van der Waals surface area contributed by atoms with E-state index in [1.54, 1.807) is 12.1 Å². The van der Waals surface area contributed by atoms with Gasteiger partial charge in [0.1, 0.15) is 5.82 Å². The number of amides is 2. The van der Waals surface area contributed by atoms with Crippen LogP contribution in [0.3, 0.4) is 0 Å². The summed E-state index contributed by atoms with van der Waals surface area (Å²) in [5.41, 5.74) is 5.19. The molecule has 0 radical (unpaired) electrons. The van der Waals surface area contributed by atoms with Crippen molar-refractivity contribution in [2.75, 3.05) is 31.6 Å². The Morgan fingerprint density at radius 3 is 2.90 bits per heavy atom. The van der Waals surface area contributed by atoms with Crippen LogP contribution in [0.4, 0.5) is 10.5 Å². The number of likely N-dealkylation sites (tertiary alicyclic amines) is 1. The van der Waals surface area contributed by atoms with Gasteiger partial charge in [0.25, 0.3) is 0 Å². The van der Waals surface area contributed by atoms with E-state index < -0.39 is 0 Å². The summed E-state index contributed by atoms with van der Waals surface area (Å²) in [5, 5.41) is 3.51. The fourth-order valence-electron chi connectivity index (χ4n) is 3.90. The third kappa shape index (κ3) is 3.78. The smallest absolute Gasteiger partial charge is 0.321 e. The number of pyridine rings is 1. The number of benzene rings is 1. The monoisotopic (exact) mass is 423 g/mol. The summed E-state index contributed by atoms with van der Waals surface area (Å²) in [6.45, 7) is 2.95. The van der Waals surface area contributed by atoms with Gasteiger partial charge in [-0.1, -0.05) is 17.7 Å². The predicted octanol–water partition coefficient (Wildman–Crippen LogP) is 4.71. The van der Waals surface area contributed by atoms with Crippen molar-refractivity contribution in [3.05, 3.63) is 47.1 Å². The highest BCUT2D eigenvalue weighted by molar-refractivity contribution is 6.33. The average molecular weight is 424 g/mol. The Morgan fingerprint density at radius 1 is 1.23 bits per heavy atom.